The van der Waals surface area contributed by atoms with Crippen LogP contribution >= 0.6 is 0 Å². The third kappa shape index (κ3) is 4.09. The molecule has 1 saturated carbocycles. The maximum absolute atomic E-state index is 10.8. The van der Waals surface area contributed by atoms with E-state index in [1.807, 2.05) is 18.3 Å². The number of rotatable bonds is 4. The van der Waals surface area contributed by atoms with E-state index in [4.69, 9.17) is 10.2 Å². The van der Waals surface area contributed by atoms with Crippen molar-refractivity contribution >= 4 is 12.2 Å². The van der Waals surface area contributed by atoms with Crippen LogP contribution in [0.25, 0.3) is 0 Å². The molecule has 4 heteroatoms. The summed E-state index contributed by atoms with van der Waals surface area (Å²) in [5, 5.41) is 18.1. The second-order valence-corrected chi connectivity index (χ2v) is 5.14. The number of carbonyl (C=O) groups is 1. The number of carboxylic acids is 1. The van der Waals surface area contributed by atoms with Gasteiger partial charge in [-0.15, -0.1) is 0 Å². The Morgan fingerprint density at radius 3 is 2.42 bits per heavy atom. The summed E-state index contributed by atoms with van der Waals surface area (Å²) in [4.78, 5) is 15.2. The first kappa shape index (κ1) is 13.6. The van der Waals surface area contributed by atoms with E-state index in [2.05, 4.69) is 4.99 Å². The van der Waals surface area contributed by atoms with Crippen molar-refractivity contribution in [3.63, 3.8) is 0 Å². The van der Waals surface area contributed by atoms with Gasteiger partial charge in [-0.2, -0.15) is 0 Å². The van der Waals surface area contributed by atoms with E-state index in [1.165, 1.54) is 0 Å². The van der Waals surface area contributed by atoms with Crippen LogP contribution in [0.2, 0.25) is 0 Å². The summed E-state index contributed by atoms with van der Waals surface area (Å²) in [5.41, 5.74) is 0.969. The minimum Gasteiger partial charge on any atom is -0.508 e. The van der Waals surface area contributed by atoms with Crippen LogP contribution in [0, 0.1) is 11.8 Å². The standard InChI is InChI=1S/C15H19NO3/c17-14-7-3-12(4-8-14)10-16-9-11-1-5-13(6-2-11)15(18)19/h3-4,7-8,10-11,13,17H,1-2,5-6,9H2,(H,18,19)/t11-,13-. The minimum absolute atomic E-state index is 0.155. The number of hydrogen-bond donors (Lipinski definition) is 2. The van der Waals surface area contributed by atoms with Crippen molar-refractivity contribution in [2.75, 3.05) is 6.54 Å². The highest BCUT2D eigenvalue weighted by atomic mass is 16.4. The van der Waals surface area contributed by atoms with Crippen LogP contribution in [0.5, 0.6) is 5.75 Å². The van der Waals surface area contributed by atoms with Crippen molar-refractivity contribution in [2.24, 2.45) is 16.8 Å². The molecule has 1 aliphatic rings. The van der Waals surface area contributed by atoms with Crippen LogP contribution in [-0.4, -0.2) is 28.9 Å². The van der Waals surface area contributed by atoms with E-state index < -0.39 is 5.97 Å². The Bertz CT molecular complexity index is 445. The van der Waals surface area contributed by atoms with Crippen molar-refractivity contribution in [1.29, 1.82) is 0 Å². The van der Waals surface area contributed by atoms with E-state index in [9.17, 15) is 4.79 Å². The van der Waals surface area contributed by atoms with Gasteiger partial charge in [0.05, 0.1) is 5.92 Å². The Kier molecular flexibility index (Phi) is 4.55. The van der Waals surface area contributed by atoms with Crippen molar-refractivity contribution in [3.8, 4) is 5.75 Å². The fourth-order valence-electron chi connectivity index (χ4n) is 2.46. The Morgan fingerprint density at radius 1 is 1.21 bits per heavy atom. The molecular weight excluding hydrogens is 242 g/mol. The summed E-state index contributed by atoms with van der Waals surface area (Å²) in [6, 6.07) is 6.92. The normalized spacial score (nSPS) is 23.6. The number of phenolic OH excluding ortho intramolecular Hbond substituents is 1. The zero-order chi connectivity index (χ0) is 13.7. The molecule has 1 aromatic rings. The zero-order valence-electron chi connectivity index (χ0n) is 10.8. The molecule has 102 valence electrons. The number of aromatic hydroxyl groups is 1. The van der Waals surface area contributed by atoms with Crippen molar-refractivity contribution in [2.45, 2.75) is 25.7 Å². The molecule has 1 aromatic carbocycles. The van der Waals surface area contributed by atoms with Crippen LogP contribution in [0.3, 0.4) is 0 Å². The van der Waals surface area contributed by atoms with Gasteiger partial charge in [0.2, 0.25) is 0 Å². The summed E-state index contributed by atoms with van der Waals surface area (Å²) in [6.07, 6.45) is 5.25. The molecule has 0 heterocycles. The van der Waals surface area contributed by atoms with Crippen molar-refractivity contribution in [1.82, 2.24) is 0 Å². The molecule has 4 nitrogen and oxygen atoms in total. The van der Waals surface area contributed by atoms with E-state index in [0.29, 0.717) is 5.92 Å². The number of aliphatic imine (C=N–C) groups is 1. The molecule has 0 atom stereocenters. The molecule has 0 amide bonds. The Labute approximate surface area is 112 Å². The molecule has 0 bridgehead atoms. The zero-order valence-corrected chi connectivity index (χ0v) is 10.8. The van der Waals surface area contributed by atoms with Gasteiger partial charge in [0.15, 0.2) is 0 Å². The number of phenols is 1. The highest BCUT2D eigenvalue weighted by Gasteiger charge is 2.25. The molecule has 0 unspecified atom stereocenters. The van der Waals surface area contributed by atoms with Gasteiger partial charge >= 0.3 is 5.97 Å². The Hall–Kier alpha value is -1.84. The summed E-state index contributed by atoms with van der Waals surface area (Å²) in [5.74, 6) is -0.0588. The Balaban J connectivity index is 1.77. The molecule has 0 aliphatic heterocycles. The van der Waals surface area contributed by atoms with Crippen LogP contribution in [-0.2, 0) is 4.79 Å². The van der Waals surface area contributed by atoms with Crippen LogP contribution < -0.4 is 0 Å². The van der Waals surface area contributed by atoms with Gasteiger partial charge in [0, 0.05) is 12.8 Å². The van der Waals surface area contributed by atoms with Crippen molar-refractivity contribution in [3.05, 3.63) is 29.8 Å². The first-order valence-corrected chi connectivity index (χ1v) is 6.67. The number of aliphatic carboxylic acids is 1. The van der Waals surface area contributed by atoms with Gasteiger partial charge in [0.25, 0.3) is 0 Å². The average Bonchev–Trinajstić information content (AvgIpc) is 2.41. The van der Waals surface area contributed by atoms with Gasteiger partial charge in [-0.1, -0.05) is 0 Å². The molecule has 0 saturated heterocycles. The number of benzene rings is 1. The number of carboxylic acid groups (broad SMARTS) is 1. The SMILES string of the molecule is O=C(O)[C@H]1CC[C@H](CN=Cc2ccc(O)cc2)CC1. The quantitative estimate of drug-likeness (QED) is 0.819. The molecule has 2 rings (SSSR count). The summed E-state index contributed by atoms with van der Waals surface area (Å²) >= 11 is 0. The maximum Gasteiger partial charge on any atom is 0.306 e. The lowest BCUT2D eigenvalue weighted by Gasteiger charge is -2.24. The molecule has 2 N–H and O–H groups in total. The third-order valence-electron chi connectivity index (χ3n) is 3.69. The summed E-state index contributed by atoms with van der Waals surface area (Å²) in [7, 11) is 0. The smallest absolute Gasteiger partial charge is 0.306 e. The molecule has 0 spiro atoms. The van der Waals surface area contributed by atoms with E-state index in [0.717, 1.165) is 37.8 Å². The van der Waals surface area contributed by atoms with E-state index >= 15 is 0 Å². The minimum atomic E-state index is -0.661. The van der Waals surface area contributed by atoms with Gasteiger partial charge in [-0.05, 0) is 61.4 Å². The predicted molar refractivity (Wildman–Crippen MR) is 73.7 cm³/mol. The largest absolute Gasteiger partial charge is 0.508 e. The second-order valence-electron chi connectivity index (χ2n) is 5.14. The highest BCUT2D eigenvalue weighted by Crippen LogP contribution is 2.29. The lowest BCUT2D eigenvalue weighted by molar-refractivity contribution is -0.143. The molecule has 0 aromatic heterocycles. The molecule has 0 radical (unpaired) electrons. The van der Waals surface area contributed by atoms with Crippen LogP contribution in [0.15, 0.2) is 29.3 Å². The number of nitrogens with zero attached hydrogens (tertiary/aromatic N) is 1. The van der Waals surface area contributed by atoms with Gasteiger partial charge in [-0.3, -0.25) is 9.79 Å². The highest BCUT2D eigenvalue weighted by molar-refractivity contribution is 5.79. The van der Waals surface area contributed by atoms with E-state index in [1.54, 1.807) is 12.1 Å². The van der Waals surface area contributed by atoms with Gasteiger partial charge < -0.3 is 10.2 Å². The fourth-order valence-corrected chi connectivity index (χ4v) is 2.46. The third-order valence-corrected chi connectivity index (χ3v) is 3.69. The molecular formula is C15H19NO3. The monoisotopic (exact) mass is 261 g/mol. The first-order chi connectivity index (χ1) is 9.15. The second kappa shape index (κ2) is 6.36. The van der Waals surface area contributed by atoms with Crippen LogP contribution in [0.1, 0.15) is 31.2 Å². The topological polar surface area (TPSA) is 69.9 Å². The lowest BCUT2D eigenvalue weighted by atomic mass is 9.82. The summed E-state index contributed by atoms with van der Waals surface area (Å²) < 4.78 is 0. The van der Waals surface area contributed by atoms with Crippen LogP contribution in [0.4, 0.5) is 0 Å². The lowest BCUT2D eigenvalue weighted by Crippen LogP contribution is -2.22. The molecule has 1 fully saturated rings. The van der Waals surface area contributed by atoms with Gasteiger partial charge in [-0.25, -0.2) is 0 Å². The average molecular weight is 261 g/mol. The van der Waals surface area contributed by atoms with Gasteiger partial charge in [0.1, 0.15) is 5.75 Å². The summed E-state index contributed by atoms with van der Waals surface area (Å²) in [6.45, 7) is 0.757. The maximum atomic E-state index is 10.8. The molecule has 1 aliphatic carbocycles. The number of hydrogen-bond acceptors (Lipinski definition) is 3. The Morgan fingerprint density at radius 2 is 1.84 bits per heavy atom. The van der Waals surface area contributed by atoms with E-state index in [-0.39, 0.29) is 11.7 Å². The van der Waals surface area contributed by atoms with Crippen molar-refractivity contribution < 1.29 is 15.0 Å². The first-order valence-electron chi connectivity index (χ1n) is 6.67. The molecule has 19 heavy (non-hydrogen) atoms. The fraction of sp³-hybridized carbons (Fsp3) is 0.467. The predicted octanol–water partition coefficient (Wildman–Crippen LogP) is 2.70.